The zero-order valence-corrected chi connectivity index (χ0v) is 10.4. The number of carbonyl (C=O) groups excluding carboxylic acids is 1. The molecule has 86 valence electrons. The highest BCUT2D eigenvalue weighted by Gasteiger charge is 2.18. The minimum atomic E-state index is -0.457. The van der Waals surface area contributed by atoms with E-state index in [1.165, 1.54) is 24.3 Å². The Bertz CT molecular complexity index is 513. The van der Waals surface area contributed by atoms with Crippen LogP contribution in [0.1, 0.15) is 20.7 Å². The third kappa shape index (κ3) is 2.77. The van der Waals surface area contributed by atoms with Gasteiger partial charge in [-0.05, 0) is 35.9 Å². The van der Waals surface area contributed by atoms with E-state index in [9.17, 15) is 9.18 Å². The topological polar surface area (TPSA) is 30.0 Å². The normalized spacial score (nSPS) is 12.1. The summed E-state index contributed by atoms with van der Waals surface area (Å²) < 4.78 is 12.7. The van der Waals surface area contributed by atoms with Crippen molar-refractivity contribution in [1.29, 1.82) is 0 Å². The van der Waals surface area contributed by atoms with Crippen molar-refractivity contribution in [3.8, 4) is 0 Å². The molecule has 2 nitrogen and oxygen atoms in total. The van der Waals surface area contributed by atoms with Crippen molar-refractivity contribution in [2.45, 2.75) is 4.83 Å². The first-order valence-electron chi connectivity index (χ1n) is 5.02. The molecule has 0 N–H and O–H groups in total. The van der Waals surface area contributed by atoms with Gasteiger partial charge in [0, 0.05) is 18.0 Å². The van der Waals surface area contributed by atoms with Gasteiger partial charge < -0.3 is 0 Å². The summed E-state index contributed by atoms with van der Waals surface area (Å²) in [7, 11) is 0. The van der Waals surface area contributed by atoms with Crippen LogP contribution in [0.2, 0.25) is 0 Å². The second-order valence-electron chi connectivity index (χ2n) is 3.52. The summed E-state index contributed by atoms with van der Waals surface area (Å²) in [6.07, 6.45) is 3.27. The van der Waals surface area contributed by atoms with Crippen molar-refractivity contribution in [3.05, 3.63) is 65.7 Å². The number of rotatable bonds is 3. The molecule has 1 heterocycles. The van der Waals surface area contributed by atoms with Crippen LogP contribution >= 0.6 is 15.9 Å². The van der Waals surface area contributed by atoms with Gasteiger partial charge >= 0.3 is 0 Å². The standard InChI is InChI=1S/C13H9BrFNO/c14-12(10-2-1-7-16-8-10)13(17)9-3-5-11(15)6-4-9/h1-8,12H/t12-/m0/s1. The first-order chi connectivity index (χ1) is 8.18. The first-order valence-corrected chi connectivity index (χ1v) is 5.94. The molecule has 2 rings (SSSR count). The maximum Gasteiger partial charge on any atom is 0.180 e. The Morgan fingerprint density at radius 2 is 1.94 bits per heavy atom. The number of carbonyl (C=O) groups is 1. The van der Waals surface area contributed by atoms with E-state index >= 15 is 0 Å². The molecule has 0 amide bonds. The molecule has 0 unspecified atom stereocenters. The second-order valence-corrected chi connectivity index (χ2v) is 4.44. The Morgan fingerprint density at radius 3 is 2.53 bits per heavy atom. The minimum absolute atomic E-state index is 0.113. The van der Waals surface area contributed by atoms with Crippen LogP contribution in [0.3, 0.4) is 0 Å². The molecule has 0 aliphatic heterocycles. The molecule has 0 aliphatic rings. The minimum Gasteiger partial charge on any atom is -0.293 e. The molecule has 0 radical (unpaired) electrons. The van der Waals surface area contributed by atoms with Crippen LogP contribution in [0.5, 0.6) is 0 Å². The summed E-state index contributed by atoms with van der Waals surface area (Å²) in [5.74, 6) is -0.466. The summed E-state index contributed by atoms with van der Waals surface area (Å²) in [6.45, 7) is 0. The Kier molecular flexibility index (Phi) is 3.64. The van der Waals surface area contributed by atoms with Crippen LogP contribution in [-0.4, -0.2) is 10.8 Å². The summed E-state index contributed by atoms with van der Waals surface area (Å²) >= 11 is 3.32. The van der Waals surface area contributed by atoms with Crippen molar-refractivity contribution < 1.29 is 9.18 Å². The molecular weight excluding hydrogens is 285 g/mol. The number of hydrogen-bond acceptors (Lipinski definition) is 2. The van der Waals surface area contributed by atoms with Gasteiger partial charge in [-0.3, -0.25) is 9.78 Å². The number of nitrogens with zero attached hydrogens (tertiary/aromatic N) is 1. The fraction of sp³-hybridized carbons (Fsp3) is 0.0769. The van der Waals surface area contributed by atoms with E-state index in [1.54, 1.807) is 18.5 Å². The maximum absolute atomic E-state index is 12.7. The molecule has 0 spiro atoms. The van der Waals surface area contributed by atoms with Crippen molar-refractivity contribution in [2.24, 2.45) is 0 Å². The van der Waals surface area contributed by atoms with Crippen molar-refractivity contribution in [1.82, 2.24) is 4.98 Å². The lowest BCUT2D eigenvalue weighted by atomic mass is 10.0. The second kappa shape index (κ2) is 5.19. The number of hydrogen-bond donors (Lipinski definition) is 0. The van der Waals surface area contributed by atoms with E-state index in [1.807, 2.05) is 6.07 Å². The third-order valence-corrected chi connectivity index (χ3v) is 3.28. The molecule has 1 atom stereocenters. The molecule has 0 saturated carbocycles. The monoisotopic (exact) mass is 293 g/mol. The average molecular weight is 294 g/mol. The van der Waals surface area contributed by atoms with E-state index in [0.29, 0.717) is 5.56 Å². The molecule has 2 aromatic rings. The highest BCUT2D eigenvalue weighted by molar-refractivity contribution is 9.09. The highest BCUT2D eigenvalue weighted by Crippen LogP contribution is 2.26. The van der Waals surface area contributed by atoms with Crippen LogP contribution in [-0.2, 0) is 0 Å². The van der Waals surface area contributed by atoms with Gasteiger partial charge in [-0.25, -0.2) is 4.39 Å². The molecule has 17 heavy (non-hydrogen) atoms. The molecule has 0 saturated heterocycles. The van der Waals surface area contributed by atoms with E-state index < -0.39 is 4.83 Å². The van der Waals surface area contributed by atoms with Crippen LogP contribution < -0.4 is 0 Å². The Labute approximate surface area is 107 Å². The van der Waals surface area contributed by atoms with Gasteiger partial charge in [-0.15, -0.1) is 0 Å². The number of benzene rings is 1. The first kappa shape index (κ1) is 11.9. The van der Waals surface area contributed by atoms with Gasteiger partial charge in [0.1, 0.15) is 10.6 Å². The highest BCUT2D eigenvalue weighted by atomic mass is 79.9. The van der Waals surface area contributed by atoms with Gasteiger partial charge in [0.25, 0.3) is 0 Å². The molecule has 0 bridgehead atoms. The van der Waals surface area contributed by atoms with E-state index in [4.69, 9.17) is 0 Å². The lowest BCUT2D eigenvalue weighted by Gasteiger charge is -2.08. The number of Topliss-reactive ketones (excluding diaryl/α,β-unsaturated/α-hetero) is 1. The number of halogens is 2. The largest absolute Gasteiger partial charge is 0.293 e. The number of pyridine rings is 1. The maximum atomic E-state index is 12.7. The predicted octanol–water partition coefficient (Wildman–Crippen LogP) is 3.54. The zero-order chi connectivity index (χ0) is 12.3. The van der Waals surface area contributed by atoms with Gasteiger partial charge in [-0.2, -0.15) is 0 Å². The van der Waals surface area contributed by atoms with E-state index in [2.05, 4.69) is 20.9 Å². The van der Waals surface area contributed by atoms with Gasteiger partial charge in [0.2, 0.25) is 0 Å². The lowest BCUT2D eigenvalue weighted by Crippen LogP contribution is -2.07. The Morgan fingerprint density at radius 1 is 1.24 bits per heavy atom. The number of alkyl halides is 1. The van der Waals surface area contributed by atoms with Gasteiger partial charge in [0.15, 0.2) is 5.78 Å². The number of ketones is 1. The Balaban J connectivity index is 2.23. The van der Waals surface area contributed by atoms with Gasteiger partial charge in [0.05, 0.1) is 0 Å². The molecule has 0 aliphatic carbocycles. The summed E-state index contributed by atoms with van der Waals surface area (Å²) in [5.41, 5.74) is 1.25. The molecule has 0 fully saturated rings. The van der Waals surface area contributed by atoms with E-state index in [-0.39, 0.29) is 11.6 Å². The summed E-state index contributed by atoms with van der Waals surface area (Å²) in [4.78, 5) is 15.6. The van der Waals surface area contributed by atoms with Crippen molar-refractivity contribution in [3.63, 3.8) is 0 Å². The molecule has 1 aromatic carbocycles. The third-order valence-electron chi connectivity index (χ3n) is 2.34. The fourth-order valence-corrected chi connectivity index (χ4v) is 1.97. The number of aromatic nitrogens is 1. The quantitative estimate of drug-likeness (QED) is 0.640. The predicted molar refractivity (Wildman–Crippen MR) is 66.6 cm³/mol. The van der Waals surface area contributed by atoms with Crippen LogP contribution in [0.25, 0.3) is 0 Å². The van der Waals surface area contributed by atoms with Crippen LogP contribution in [0, 0.1) is 5.82 Å². The zero-order valence-electron chi connectivity index (χ0n) is 8.81. The lowest BCUT2D eigenvalue weighted by molar-refractivity contribution is 0.0991. The average Bonchev–Trinajstić information content (AvgIpc) is 2.39. The summed E-state index contributed by atoms with van der Waals surface area (Å²) in [6, 6.07) is 9.08. The smallest absolute Gasteiger partial charge is 0.180 e. The fourth-order valence-electron chi connectivity index (χ4n) is 1.44. The molecule has 4 heteroatoms. The van der Waals surface area contributed by atoms with E-state index in [0.717, 1.165) is 5.56 Å². The van der Waals surface area contributed by atoms with Gasteiger partial charge in [-0.1, -0.05) is 22.0 Å². The molecular formula is C13H9BrFNO. The SMILES string of the molecule is O=C(c1ccc(F)cc1)[C@@H](Br)c1cccnc1. The van der Waals surface area contributed by atoms with Crippen LogP contribution in [0.4, 0.5) is 4.39 Å². The summed E-state index contributed by atoms with van der Waals surface area (Å²) in [5, 5.41) is 0. The van der Waals surface area contributed by atoms with Crippen molar-refractivity contribution in [2.75, 3.05) is 0 Å². The van der Waals surface area contributed by atoms with Crippen molar-refractivity contribution >= 4 is 21.7 Å². The Hall–Kier alpha value is -1.55. The van der Waals surface area contributed by atoms with Crippen LogP contribution in [0.15, 0.2) is 48.8 Å². The molecule has 1 aromatic heterocycles.